The van der Waals surface area contributed by atoms with E-state index in [0.717, 1.165) is 22.1 Å². The van der Waals surface area contributed by atoms with Crippen LogP contribution in [-0.4, -0.2) is 25.6 Å². The van der Waals surface area contributed by atoms with Crippen LogP contribution >= 0.6 is 0 Å². The van der Waals surface area contributed by atoms with Crippen molar-refractivity contribution in [3.05, 3.63) is 77.0 Å². The van der Waals surface area contributed by atoms with E-state index in [4.69, 9.17) is 5.73 Å². The number of rotatable bonds is 4. The lowest BCUT2D eigenvalue weighted by molar-refractivity contribution is -0.274. The normalized spacial score (nSPS) is 11.7. The molecule has 0 aliphatic rings. The summed E-state index contributed by atoms with van der Waals surface area (Å²) in [4.78, 5) is 17.1. The van der Waals surface area contributed by atoms with Gasteiger partial charge in [-0.3, -0.25) is 9.55 Å². The number of pyridine rings is 1. The molecular formula is C20H15F3N4O3. The monoisotopic (exact) mass is 416 g/mol. The summed E-state index contributed by atoms with van der Waals surface area (Å²) in [7, 11) is 0. The van der Waals surface area contributed by atoms with E-state index < -0.39 is 17.8 Å². The van der Waals surface area contributed by atoms with Crippen LogP contribution in [0.3, 0.4) is 0 Å². The van der Waals surface area contributed by atoms with Crippen LogP contribution in [0, 0.1) is 0 Å². The molecule has 0 saturated heterocycles. The van der Waals surface area contributed by atoms with E-state index in [1.807, 2.05) is 24.3 Å². The third-order valence-electron chi connectivity index (χ3n) is 4.51. The second-order valence-corrected chi connectivity index (χ2v) is 6.48. The maximum Gasteiger partial charge on any atom is 0.573 e. The van der Waals surface area contributed by atoms with Crippen molar-refractivity contribution in [2.24, 2.45) is 0 Å². The van der Waals surface area contributed by atoms with Crippen LogP contribution in [0.5, 0.6) is 11.6 Å². The first-order valence-corrected chi connectivity index (χ1v) is 8.72. The number of nitrogen functional groups attached to an aromatic ring is 1. The molecule has 0 aliphatic carbocycles. The number of alkyl halides is 3. The van der Waals surface area contributed by atoms with Crippen molar-refractivity contribution in [2.45, 2.75) is 12.9 Å². The number of benzene rings is 2. The van der Waals surface area contributed by atoms with E-state index >= 15 is 0 Å². The van der Waals surface area contributed by atoms with Crippen molar-refractivity contribution in [3.63, 3.8) is 0 Å². The second-order valence-electron chi connectivity index (χ2n) is 6.48. The molecule has 2 heterocycles. The molecule has 4 aromatic rings. The molecule has 30 heavy (non-hydrogen) atoms. The van der Waals surface area contributed by atoms with Gasteiger partial charge >= 0.3 is 12.1 Å². The molecule has 4 rings (SSSR count). The zero-order chi connectivity index (χ0) is 21.5. The highest BCUT2D eigenvalue weighted by atomic mass is 19.4. The van der Waals surface area contributed by atoms with Gasteiger partial charge in [-0.25, -0.2) is 9.36 Å². The number of fused-ring (bicyclic) bond motifs is 1. The predicted molar refractivity (Wildman–Crippen MR) is 104 cm³/mol. The van der Waals surface area contributed by atoms with Gasteiger partial charge in [0.15, 0.2) is 0 Å². The van der Waals surface area contributed by atoms with Gasteiger partial charge in [-0.05, 0) is 30.3 Å². The smallest absolute Gasteiger partial charge is 0.493 e. The minimum absolute atomic E-state index is 0.0729. The first-order valence-electron chi connectivity index (χ1n) is 8.72. The Hall–Kier alpha value is -3.95. The van der Waals surface area contributed by atoms with Gasteiger partial charge < -0.3 is 15.6 Å². The summed E-state index contributed by atoms with van der Waals surface area (Å²) < 4.78 is 43.0. The SMILES string of the molecule is Nc1cnc2ccccc2c1Cn1cc(O)n(-c2ccc(OC(F)(F)F)cc2)c1=O. The molecule has 2 aromatic heterocycles. The third kappa shape index (κ3) is 3.66. The lowest BCUT2D eigenvalue weighted by atomic mass is 10.1. The largest absolute Gasteiger partial charge is 0.573 e. The summed E-state index contributed by atoms with van der Waals surface area (Å²) in [6, 6.07) is 11.9. The summed E-state index contributed by atoms with van der Waals surface area (Å²) in [5, 5.41) is 11.0. The first-order chi connectivity index (χ1) is 14.2. The molecule has 7 nitrogen and oxygen atoms in total. The molecule has 0 radical (unpaired) electrons. The van der Waals surface area contributed by atoms with Gasteiger partial charge in [-0.2, -0.15) is 0 Å². The molecule has 0 saturated carbocycles. The molecule has 0 unspecified atom stereocenters. The Morgan fingerprint density at radius 1 is 1.10 bits per heavy atom. The topological polar surface area (TPSA) is 95.3 Å². The molecule has 10 heteroatoms. The van der Waals surface area contributed by atoms with Gasteiger partial charge in [0.05, 0.1) is 35.8 Å². The number of hydrogen-bond acceptors (Lipinski definition) is 5. The van der Waals surface area contributed by atoms with Crippen molar-refractivity contribution < 1.29 is 23.0 Å². The Balaban J connectivity index is 1.70. The van der Waals surface area contributed by atoms with Crippen LogP contribution in [0.25, 0.3) is 16.6 Å². The van der Waals surface area contributed by atoms with E-state index in [0.29, 0.717) is 16.8 Å². The van der Waals surface area contributed by atoms with Gasteiger partial charge in [-0.15, -0.1) is 13.2 Å². The van der Waals surface area contributed by atoms with Crippen LogP contribution in [-0.2, 0) is 6.54 Å². The summed E-state index contributed by atoms with van der Waals surface area (Å²) in [5.74, 6) is -0.810. The molecule has 154 valence electrons. The standard InChI is InChI=1S/C20H15F3N4O3/c21-20(22,23)30-13-7-5-12(6-8-13)27-18(28)11-26(19(27)29)10-15-14-3-1-2-4-17(14)25-9-16(15)24/h1-9,11,28H,10,24H2. The zero-order valence-electron chi connectivity index (χ0n) is 15.3. The van der Waals surface area contributed by atoms with E-state index in [-0.39, 0.29) is 18.1 Å². The second kappa shape index (κ2) is 7.14. The lowest BCUT2D eigenvalue weighted by Crippen LogP contribution is -2.24. The predicted octanol–water partition coefficient (Wildman–Crippen LogP) is 3.42. The summed E-state index contributed by atoms with van der Waals surface area (Å²) in [5.41, 5.74) is 7.41. The van der Waals surface area contributed by atoms with Crippen molar-refractivity contribution in [1.82, 2.24) is 14.1 Å². The Morgan fingerprint density at radius 3 is 2.50 bits per heavy atom. The molecule has 0 spiro atoms. The van der Waals surface area contributed by atoms with Crippen molar-refractivity contribution in [2.75, 3.05) is 5.73 Å². The first kappa shape index (κ1) is 19.4. The highest BCUT2D eigenvalue weighted by Crippen LogP contribution is 2.26. The van der Waals surface area contributed by atoms with Gasteiger partial charge in [0.25, 0.3) is 0 Å². The van der Waals surface area contributed by atoms with Crippen molar-refractivity contribution in [1.29, 1.82) is 0 Å². The zero-order valence-corrected chi connectivity index (χ0v) is 15.3. The van der Waals surface area contributed by atoms with Crippen LogP contribution in [0.15, 0.2) is 65.7 Å². The fourth-order valence-corrected chi connectivity index (χ4v) is 3.19. The number of anilines is 1. The Bertz CT molecular complexity index is 1280. The summed E-state index contributed by atoms with van der Waals surface area (Å²) in [6.45, 7) is 0.0729. The van der Waals surface area contributed by atoms with Crippen molar-refractivity contribution in [3.8, 4) is 17.3 Å². The van der Waals surface area contributed by atoms with Gasteiger partial charge in [0.1, 0.15) is 5.75 Å². The molecule has 0 aliphatic heterocycles. The fraction of sp³-hybridized carbons (Fsp3) is 0.100. The number of para-hydroxylation sites is 1. The third-order valence-corrected chi connectivity index (χ3v) is 4.51. The maximum absolute atomic E-state index is 12.9. The molecule has 2 aromatic carbocycles. The van der Waals surface area contributed by atoms with Crippen LogP contribution in [0.2, 0.25) is 0 Å². The fourth-order valence-electron chi connectivity index (χ4n) is 3.19. The average molecular weight is 416 g/mol. The number of halogens is 3. The Kier molecular flexibility index (Phi) is 4.61. The minimum atomic E-state index is -4.82. The van der Waals surface area contributed by atoms with E-state index in [2.05, 4.69) is 9.72 Å². The number of aromatic nitrogens is 3. The average Bonchev–Trinajstić information content (AvgIpc) is 2.97. The van der Waals surface area contributed by atoms with E-state index in [9.17, 15) is 23.1 Å². The van der Waals surface area contributed by atoms with Gasteiger partial charge in [0, 0.05) is 10.9 Å². The number of aromatic hydroxyl groups is 1. The number of ether oxygens (including phenoxy) is 1. The number of imidazole rings is 1. The van der Waals surface area contributed by atoms with E-state index in [1.165, 1.54) is 29.1 Å². The quantitative estimate of drug-likeness (QED) is 0.532. The maximum atomic E-state index is 12.9. The highest BCUT2D eigenvalue weighted by Gasteiger charge is 2.31. The van der Waals surface area contributed by atoms with Gasteiger partial charge in [0.2, 0.25) is 5.88 Å². The Labute approximate surface area is 167 Å². The summed E-state index contributed by atoms with van der Waals surface area (Å²) >= 11 is 0. The molecule has 0 amide bonds. The van der Waals surface area contributed by atoms with Crippen LogP contribution in [0.4, 0.5) is 18.9 Å². The number of hydrogen-bond donors (Lipinski definition) is 2. The minimum Gasteiger partial charge on any atom is -0.493 e. The van der Waals surface area contributed by atoms with E-state index in [1.54, 1.807) is 0 Å². The molecule has 3 N–H and O–H groups in total. The lowest BCUT2D eigenvalue weighted by Gasteiger charge is -2.10. The highest BCUT2D eigenvalue weighted by molar-refractivity contribution is 5.85. The molecule has 0 atom stereocenters. The van der Waals surface area contributed by atoms with Crippen LogP contribution in [0.1, 0.15) is 5.56 Å². The van der Waals surface area contributed by atoms with Gasteiger partial charge in [-0.1, -0.05) is 18.2 Å². The summed E-state index contributed by atoms with van der Waals surface area (Å²) in [6.07, 6.45) is -2.09. The van der Waals surface area contributed by atoms with Crippen LogP contribution < -0.4 is 16.2 Å². The molecule has 0 bridgehead atoms. The van der Waals surface area contributed by atoms with Crippen molar-refractivity contribution >= 4 is 16.6 Å². The number of nitrogens with two attached hydrogens (primary N) is 1. The molecular weight excluding hydrogens is 401 g/mol. The number of nitrogens with zero attached hydrogens (tertiary/aromatic N) is 3. The Morgan fingerprint density at radius 2 is 1.80 bits per heavy atom. The molecule has 0 fully saturated rings.